The van der Waals surface area contributed by atoms with Crippen molar-refractivity contribution in [3.63, 3.8) is 0 Å². The second-order valence-electron chi connectivity index (χ2n) is 6.77. The summed E-state index contributed by atoms with van der Waals surface area (Å²) in [6.45, 7) is 0. The van der Waals surface area contributed by atoms with Gasteiger partial charge in [0.15, 0.2) is 0 Å². The van der Waals surface area contributed by atoms with Gasteiger partial charge in [0, 0.05) is 37.7 Å². The Labute approximate surface area is 170 Å². The van der Waals surface area contributed by atoms with Gasteiger partial charge in [-0.1, -0.05) is 35.9 Å². The number of amides is 2. The van der Waals surface area contributed by atoms with Crippen molar-refractivity contribution in [3.05, 3.63) is 70.2 Å². The maximum atomic E-state index is 12.1. The number of methoxy groups -OCH3 is 1. The first-order chi connectivity index (χ1) is 13.3. The highest BCUT2D eigenvalue weighted by Crippen LogP contribution is 2.29. The first-order valence-electron chi connectivity index (χ1n) is 8.87. The smallest absolute Gasteiger partial charge is 0.253 e. The van der Waals surface area contributed by atoms with Crippen LogP contribution in [0.5, 0.6) is 0 Å². The molecule has 7 heteroatoms. The molecule has 0 radical (unpaired) electrons. The van der Waals surface area contributed by atoms with E-state index in [1.165, 1.54) is 12.0 Å². The van der Waals surface area contributed by atoms with Crippen molar-refractivity contribution in [2.45, 2.75) is 24.9 Å². The van der Waals surface area contributed by atoms with Gasteiger partial charge in [-0.05, 0) is 41.8 Å². The van der Waals surface area contributed by atoms with E-state index in [0.29, 0.717) is 17.0 Å². The van der Waals surface area contributed by atoms with E-state index in [0.717, 1.165) is 11.1 Å². The maximum Gasteiger partial charge on any atom is 0.253 e. The zero-order valence-corrected chi connectivity index (χ0v) is 16.9. The highest BCUT2D eigenvalue weighted by molar-refractivity contribution is 6.30. The lowest BCUT2D eigenvalue weighted by Gasteiger charge is -2.26. The predicted octanol–water partition coefficient (Wildman–Crippen LogP) is 3.28. The minimum atomic E-state index is -0.521. The molecule has 2 aromatic rings. The number of carbonyl (C=O) groups is 2. The molecule has 0 fully saturated rings. The molecule has 0 aromatic heterocycles. The summed E-state index contributed by atoms with van der Waals surface area (Å²) in [5.74, 6) is -0.761. The number of halogens is 1. The van der Waals surface area contributed by atoms with Crippen LogP contribution in [-0.2, 0) is 16.0 Å². The van der Waals surface area contributed by atoms with Crippen molar-refractivity contribution >= 4 is 23.4 Å². The van der Waals surface area contributed by atoms with Crippen molar-refractivity contribution in [1.82, 2.24) is 10.4 Å². The van der Waals surface area contributed by atoms with Gasteiger partial charge in [0.1, 0.15) is 0 Å². The van der Waals surface area contributed by atoms with Crippen LogP contribution in [0.1, 0.15) is 33.8 Å². The molecule has 0 saturated carbocycles. The third kappa shape index (κ3) is 5.79. The maximum absolute atomic E-state index is 12.1. The molecule has 0 unspecified atom stereocenters. The molecular formula is C21H25ClN2O4. The molecular weight excluding hydrogens is 380 g/mol. The summed E-state index contributed by atoms with van der Waals surface area (Å²) in [6, 6.07) is 14.8. The van der Waals surface area contributed by atoms with Crippen LogP contribution in [0.4, 0.5) is 0 Å². The summed E-state index contributed by atoms with van der Waals surface area (Å²) in [5.41, 5.74) is 4.21. The monoisotopic (exact) mass is 404 g/mol. The highest BCUT2D eigenvalue weighted by atomic mass is 35.5. The fourth-order valence-corrected chi connectivity index (χ4v) is 3.21. The summed E-state index contributed by atoms with van der Waals surface area (Å²) in [7, 11) is 4.94. The van der Waals surface area contributed by atoms with Crippen molar-refractivity contribution in [2.24, 2.45) is 0 Å². The molecule has 28 heavy (non-hydrogen) atoms. The Morgan fingerprint density at radius 3 is 2.21 bits per heavy atom. The quantitative estimate of drug-likeness (QED) is 0.522. The number of benzene rings is 2. The summed E-state index contributed by atoms with van der Waals surface area (Å²) < 4.78 is 5.58. The summed E-state index contributed by atoms with van der Waals surface area (Å²) in [6.07, 6.45) is 0.150. The van der Waals surface area contributed by atoms with Gasteiger partial charge in [-0.2, -0.15) is 0 Å². The van der Waals surface area contributed by atoms with Crippen LogP contribution in [0, 0.1) is 0 Å². The Morgan fingerprint density at radius 2 is 1.71 bits per heavy atom. The number of hydroxylamine groups is 1. The Bertz CT molecular complexity index is 791. The zero-order valence-electron chi connectivity index (χ0n) is 16.2. The van der Waals surface area contributed by atoms with E-state index in [4.69, 9.17) is 21.5 Å². The molecule has 150 valence electrons. The Morgan fingerprint density at radius 1 is 1.11 bits per heavy atom. The minimum Gasteiger partial charge on any atom is -0.380 e. The zero-order chi connectivity index (χ0) is 20.7. The fourth-order valence-electron chi connectivity index (χ4n) is 3.09. The molecule has 0 heterocycles. The highest BCUT2D eigenvalue weighted by Gasteiger charge is 2.26. The number of nitrogens with zero attached hydrogens (tertiary/aromatic N) is 1. The van der Waals surface area contributed by atoms with Crippen LogP contribution < -0.4 is 5.48 Å². The van der Waals surface area contributed by atoms with E-state index < -0.39 is 12.0 Å². The SMILES string of the molecule is CO[C@H](CC(=O)NO)[C@H](Cc1ccc(Cl)cc1)c1ccc(C(=O)N(C)C)cc1. The summed E-state index contributed by atoms with van der Waals surface area (Å²) >= 11 is 5.97. The first kappa shape index (κ1) is 21.9. The number of nitrogens with one attached hydrogen (secondary N) is 1. The number of carbonyl (C=O) groups excluding carboxylic acids is 2. The van der Waals surface area contributed by atoms with Gasteiger partial charge in [0.2, 0.25) is 5.91 Å². The van der Waals surface area contributed by atoms with Crippen LogP contribution in [-0.4, -0.2) is 49.2 Å². The Kier molecular flexibility index (Phi) is 7.99. The van der Waals surface area contributed by atoms with Gasteiger partial charge < -0.3 is 9.64 Å². The molecule has 0 aliphatic heterocycles. The number of ether oxygens (including phenoxy) is 1. The number of hydrogen-bond acceptors (Lipinski definition) is 4. The van der Waals surface area contributed by atoms with Crippen molar-refractivity contribution < 1.29 is 19.5 Å². The molecule has 0 bridgehead atoms. The van der Waals surface area contributed by atoms with Crippen LogP contribution >= 0.6 is 11.6 Å². The molecule has 0 spiro atoms. The average Bonchev–Trinajstić information content (AvgIpc) is 2.71. The van der Waals surface area contributed by atoms with E-state index in [1.54, 1.807) is 31.7 Å². The largest absolute Gasteiger partial charge is 0.380 e. The summed E-state index contributed by atoms with van der Waals surface area (Å²) in [5, 5.41) is 9.54. The lowest BCUT2D eigenvalue weighted by Crippen LogP contribution is -2.31. The lowest BCUT2D eigenvalue weighted by atomic mass is 9.85. The molecule has 2 rings (SSSR count). The standard InChI is InChI=1S/C21H25ClN2O4/c1-24(2)21(26)16-8-6-15(7-9-16)18(19(28-3)13-20(25)23-27)12-14-4-10-17(22)11-5-14/h4-11,18-19,27H,12-13H2,1-3H3,(H,23,25)/t18-,19-/m1/s1. The minimum absolute atomic E-state index is 0.00361. The van der Waals surface area contributed by atoms with Gasteiger partial charge in [-0.15, -0.1) is 0 Å². The van der Waals surface area contributed by atoms with Gasteiger partial charge in [0.05, 0.1) is 12.5 Å². The average molecular weight is 405 g/mol. The third-order valence-corrected chi connectivity index (χ3v) is 4.88. The van der Waals surface area contributed by atoms with E-state index in [1.807, 2.05) is 36.4 Å². The number of hydrogen-bond donors (Lipinski definition) is 2. The van der Waals surface area contributed by atoms with Crippen LogP contribution in [0.2, 0.25) is 5.02 Å². The normalized spacial score (nSPS) is 12.9. The van der Waals surface area contributed by atoms with Crippen molar-refractivity contribution in [1.29, 1.82) is 0 Å². The van der Waals surface area contributed by atoms with E-state index in [-0.39, 0.29) is 18.2 Å². The second kappa shape index (κ2) is 10.2. The Balaban J connectivity index is 2.34. The van der Waals surface area contributed by atoms with Crippen molar-refractivity contribution in [3.8, 4) is 0 Å². The predicted molar refractivity (Wildman–Crippen MR) is 108 cm³/mol. The summed E-state index contributed by atoms with van der Waals surface area (Å²) in [4.78, 5) is 25.4. The molecule has 2 amide bonds. The van der Waals surface area contributed by atoms with Gasteiger partial charge in [-0.25, -0.2) is 5.48 Å². The molecule has 2 N–H and O–H groups in total. The molecule has 2 atom stereocenters. The van der Waals surface area contributed by atoms with E-state index >= 15 is 0 Å². The molecule has 0 aliphatic rings. The van der Waals surface area contributed by atoms with E-state index in [9.17, 15) is 9.59 Å². The lowest BCUT2D eigenvalue weighted by molar-refractivity contribution is -0.132. The molecule has 6 nitrogen and oxygen atoms in total. The topological polar surface area (TPSA) is 78.9 Å². The fraction of sp³-hybridized carbons (Fsp3) is 0.333. The molecule has 0 aliphatic carbocycles. The van der Waals surface area contributed by atoms with Crippen LogP contribution in [0.15, 0.2) is 48.5 Å². The number of rotatable bonds is 8. The van der Waals surface area contributed by atoms with Gasteiger partial charge in [0.25, 0.3) is 5.91 Å². The van der Waals surface area contributed by atoms with Gasteiger partial charge >= 0.3 is 0 Å². The van der Waals surface area contributed by atoms with Crippen molar-refractivity contribution in [2.75, 3.05) is 21.2 Å². The first-order valence-corrected chi connectivity index (χ1v) is 9.25. The molecule has 2 aromatic carbocycles. The van der Waals surface area contributed by atoms with Crippen LogP contribution in [0.3, 0.4) is 0 Å². The van der Waals surface area contributed by atoms with Gasteiger partial charge in [-0.3, -0.25) is 14.8 Å². The molecule has 0 saturated heterocycles. The third-order valence-electron chi connectivity index (χ3n) is 4.62. The van der Waals surface area contributed by atoms with Crippen LogP contribution in [0.25, 0.3) is 0 Å². The van der Waals surface area contributed by atoms with E-state index in [2.05, 4.69) is 0 Å². The Hall–Kier alpha value is -2.41. The second-order valence-corrected chi connectivity index (χ2v) is 7.21.